The lowest BCUT2D eigenvalue weighted by atomic mass is 10.1. The quantitative estimate of drug-likeness (QED) is 0.454. The molecular formula is C26H29N7O2. The van der Waals surface area contributed by atoms with Crippen molar-refractivity contribution in [2.24, 2.45) is 0 Å². The first-order valence-electron chi connectivity index (χ1n) is 11.7. The van der Waals surface area contributed by atoms with Crippen LogP contribution in [0.15, 0.2) is 60.9 Å². The third kappa shape index (κ3) is 4.63. The Labute approximate surface area is 204 Å². The number of nitrogens with zero attached hydrogens (tertiary/aromatic N) is 5. The second-order valence-corrected chi connectivity index (χ2v) is 8.61. The molecule has 180 valence electrons. The van der Waals surface area contributed by atoms with Gasteiger partial charge in [0.25, 0.3) is 0 Å². The van der Waals surface area contributed by atoms with E-state index in [1.54, 1.807) is 36.0 Å². The molecular weight excluding hydrogens is 442 g/mol. The molecule has 2 aromatic carbocycles. The predicted molar refractivity (Wildman–Crippen MR) is 139 cm³/mol. The SMILES string of the molecule is CCOC(=O)Nc1ccc(-c2cnc3c(-c4ccc(N5CCN(C)CC5)cc4)cnn3c2N)cc1. The van der Waals surface area contributed by atoms with Gasteiger partial charge in [-0.1, -0.05) is 24.3 Å². The molecule has 0 atom stereocenters. The summed E-state index contributed by atoms with van der Waals surface area (Å²) in [6.07, 6.45) is 3.09. The van der Waals surface area contributed by atoms with E-state index >= 15 is 0 Å². The summed E-state index contributed by atoms with van der Waals surface area (Å²) in [4.78, 5) is 21.1. The number of anilines is 3. The highest BCUT2D eigenvalue weighted by Gasteiger charge is 2.16. The minimum absolute atomic E-state index is 0.318. The molecule has 3 N–H and O–H groups in total. The summed E-state index contributed by atoms with van der Waals surface area (Å²) in [6.45, 7) is 6.30. The monoisotopic (exact) mass is 471 g/mol. The molecule has 0 bridgehead atoms. The molecule has 9 heteroatoms. The lowest BCUT2D eigenvalue weighted by Crippen LogP contribution is -2.44. The fraction of sp³-hybridized carbons (Fsp3) is 0.269. The van der Waals surface area contributed by atoms with Crippen LogP contribution < -0.4 is 16.0 Å². The molecule has 1 saturated heterocycles. The Hall–Kier alpha value is -4.11. The van der Waals surface area contributed by atoms with Crippen LogP contribution in [0.2, 0.25) is 0 Å². The van der Waals surface area contributed by atoms with E-state index in [1.807, 2.05) is 12.1 Å². The standard InChI is InChI=1S/C26H29N7O2/c1-3-35-26(34)30-20-8-4-18(5-9-20)22-16-28-25-23(17-29-33(25)24(22)27)19-6-10-21(11-7-19)32-14-12-31(2)13-15-32/h4-11,16-17H,3,12-15,27H2,1-2H3,(H,30,34). The molecule has 0 radical (unpaired) electrons. The van der Waals surface area contributed by atoms with Crippen molar-refractivity contribution in [3.63, 3.8) is 0 Å². The average Bonchev–Trinajstić information content (AvgIpc) is 3.31. The number of fused-ring (bicyclic) bond motifs is 1. The van der Waals surface area contributed by atoms with E-state index < -0.39 is 6.09 Å². The first-order valence-corrected chi connectivity index (χ1v) is 11.7. The summed E-state index contributed by atoms with van der Waals surface area (Å²) in [5.41, 5.74) is 12.7. The van der Waals surface area contributed by atoms with Crippen LogP contribution in [0.5, 0.6) is 0 Å². The highest BCUT2D eigenvalue weighted by atomic mass is 16.5. The summed E-state index contributed by atoms with van der Waals surface area (Å²) in [5, 5.41) is 7.20. The number of benzene rings is 2. The average molecular weight is 472 g/mol. The number of hydrogen-bond donors (Lipinski definition) is 2. The van der Waals surface area contributed by atoms with E-state index in [9.17, 15) is 4.79 Å². The second-order valence-electron chi connectivity index (χ2n) is 8.61. The molecule has 0 unspecified atom stereocenters. The van der Waals surface area contributed by atoms with E-state index in [0.717, 1.165) is 48.4 Å². The molecule has 2 aromatic heterocycles. The van der Waals surface area contributed by atoms with Gasteiger partial charge in [0.1, 0.15) is 5.82 Å². The molecule has 1 amide bonds. The van der Waals surface area contributed by atoms with Crippen molar-refractivity contribution < 1.29 is 9.53 Å². The maximum Gasteiger partial charge on any atom is 0.411 e. The highest BCUT2D eigenvalue weighted by molar-refractivity contribution is 5.86. The summed E-state index contributed by atoms with van der Waals surface area (Å²) >= 11 is 0. The van der Waals surface area contributed by atoms with Crippen LogP contribution in [0.1, 0.15) is 6.92 Å². The van der Waals surface area contributed by atoms with Crippen LogP contribution in [0.25, 0.3) is 27.9 Å². The zero-order valence-electron chi connectivity index (χ0n) is 19.9. The molecule has 1 aliphatic rings. The van der Waals surface area contributed by atoms with Crippen molar-refractivity contribution in [3.05, 3.63) is 60.9 Å². The van der Waals surface area contributed by atoms with Gasteiger partial charge in [-0.05, 0) is 49.4 Å². The van der Waals surface area contributed by atoms with E-state index in [1.165, 1.54) is 5.69 Å². The second kappa shape index (κ2) is 9.63. The van der Waals surface area contributed by atoms with Crippen molar-refractivity contribution in [1.29, 1.82) is 0 Å². The fourth-order valence-electron chi connectivity index (χ4n) is 4.31. The lowest BCUT2D eigenvalue weighted by molar-refractivity contribution is 0.168. The van der Waals surface area contributed by atoms with Crippen LogP contribution in [0, 0.1) is 0 Å². The van der Waals surface area contributed by atoms with Gasteiger partial charge >= 0.3 is 6.09 Å². The normalized spacial score (nSPS) is 14.3. The van der Waals surface area contributed by atoms with Crippen LogP contribution >= 0.6 is 0 Å². The Balaban J connectivity index is 1.38. The van der Waals surface area contributed by atoms with Gasteiger partial charge in [0, 0.05) is 54.9 Å². The topological polar surface area (TPSA) is 101 Å². The minimum atomic E-state index is -0.483. The number of piperazine rings is 1. The Kier molecular flexibility index (Phi) is 6.24. The molecule has 0 aliphatic carbocycles. The van der Waals surface area contributed by atoms with Crippen LogP contribution in [0.4, 0.5) is 22.0 Å². The molecule has 35 heavy (non-hydrogen) atoms. The smallest absolute Gasteiger partial charge is 0.411 e. The Bertz CT molecular complexity index is 1320. The number of hydrogen-bond acceptors (Lipinski definition) is 7. The van der Waals surface area contributed by atoms with E-state index in [4.69, 9.17) is 10.5 Å². The molecule has 5 rings (SSSR count). The molecule has 0 spiro atoms. The Morgan fingerprint density at radius 1 is 0.971 bits per heavy atom. The van der Waals surface area contributed by atoms with Crippen molar-refractivity contribution >= 4 is 28.9 Å². The van der Waals surface area contributed by atoms with Gasteiger partial charge < -0.3 is 20.3 Å². The molecule has 3 heterocycles. The fourth-order valence-corrected chi connectivity index (χ4v) is 4.31. The Morgan fingerprint density at radius 3 is 2.31 bits per heavy atom. The zero-order valence-corrected chi connectivity index (χ0v) is 19.9. The van der Waals surface area contributed by atoms with E-state index in [0.29, 0.717) is 23.8 Å². The van der Waals surface area contributed by atoms with E-state index in [-0.39, 0.29) is 0 Å². The van der Waals surface area contributed by atoms with E-state index in [2.05, 4.69) is 56.5 Å². The van der Waals surface area contributed by atoms with Gasteiger partial charge in [-0.25, -0.2) is 9.78 Å². The third-order valence-corrected chi connectivity index (χ3v) is 6.33. The van der Waals surface area contributed by atoms with Gasteiger partial charge in [-0.2, -0.15) is 9.61 Å². The maximum absolute atomic E-state index is 11.6. The summed E-state index contributed by atoms with van der Waals surface area (Å²) in [5.74, 6) is 0.501. The van der Waals surface area contributed by atoms with Gasteiger partial charge in [-0.15, -0.1) is 0 Å². The van der Waals surface area contributed by atoms with Crippen molar-refractivity contribution in [1.82, 2.24) is 19.5 Å². The number of ether oxygens (including phenoxy) is 1. The number of nitrogens with one attached hydrogen (secondary N) is 1. The molecule has 9 nitrogen and oxygen atoms in total. The van der Waals surface area contributed by atoms with Crippen molar-refractivity contribution in [2.75, 3.05) is 55.8 Å². The first-order chi connectivity index (χ1) is 17.0. The zero-order chi connectivity index (χ0) is 24.4. The molecule has 1 fully saturated rings. The number of aromatic nitrogens is 3. The predicted octanol–water partition coefficient (Wildman–Crippen LogP) is 3.97. The highest BCUT2D eigenvalue weighted by Crippen LogP contribution is 2.31. The van der Waals surface area contributed by atoms with Crippen LogP contribution in [-0.4, -0.2) is 65.4 Å². The lowest BCUT2D eigenvalue weighted by Gasteiger charge is -2.34. The van der Waals surface area contributed by atoms with Crippen LogP contribution in [0.3, 0.4) is 0 Å². The summed E-state index contributed by atoms with van der Waals surface area (Å²) < 4.78 is 6.58. The number of nitrogens with two attached hydrogens (primary N) is 1. The van der Waals surface area contributed by atoms with Gasteiger partial charge in [-0.3, -0.25) is 5.32 Å². The molecule has 1 aliphatic heterocycles. The van der Waals surface area contributed by atoms with Gasteiger partial charge in [0.15, 0.2) is 5.65 Å². The first kappa shape index (κ1) is 22.7. The van der Waals surface area contributed by atoms with Gasteiger partial charge in [0.05, 0.1) is 12.8 Å². The minimum Gasteiger partial charge on any atom is -0.450 e. The van der Waals surface area contributed by atoms with Crippen molar-refractivity contribution in [3.8, 4) is 22.3 Å². The largest absolute Gasteiger partial charge is 0.450 e. The van der Waals surface area contributed by atoms with Crippen LogP contribution in [-0.2, 0) is 4.74 Å². The molecule has 0 saturated carbocycles. The number of carbonyl (C=O) groups is 1. The third-order valence-electron chi connectivity index (χ3n) is 6.33. The number of rotatable bonds is 5. The number of amides is 1. The number of nitrogen functional groups attached to an aromatic ring is 1. The maximum atomic E-state index is 11.6. The number of carbonyl (C=O) groups excluding carboxylic acids is 1. The summed E-state index contributed by atoms with van der Waals surface area (Å²) in [7, 11) is 2.16. The van der Waals surface area contributed by atoms with Crippen molar-refractivity contribution in [2.45, 2.75) is 6.92 Å². The van der Waals surface area contributed by atoms with Gasteiger partial charge in [0.2, 0.25) is 0 Å². The number of likely N-dealkylation sites (N-methyl/N-ethyl adjacent to an activating group) is 1. The summed E-state index contributed by atoms with van der Waals surface area (Å²) in [6, 6.07) is 15.9. The Morgan fingerprint density at radius 2 is 1.63 bits per heavy atom. The molecule has 4 aromatic rings.